The smallest absolute Gasteiger partial charge is 0.410 e. The lowest BCUT2D eigenvalue weighted by molar-refractivity contribution is 0.0192. The van der Waals surface area contributed by atoms with Crippen LogP contribution in [0.2, 0.25) is 0 Å². The minimum atomic E-state index is -3.39. The molecule has 0 aromatic carbocycles. The molecule has 27 heavy (non-hydrogen) atoms. The van der Waals surface area contributed by atoms with Crippen molar-refractivity contribution in [2.45, 2.75) is 63.4 Å². The van der Waals surface area contributed by atoms with Crippen LogP contribution in [0.25, 0.3) is 0 Å². The summed E-state index contributed by atoms with van der Waals surface area (Å²) in [5.74, 6) is 0. The molecule has 0 N–H and O–H groups in total. The fraction of sp³-hybridized carbons (Fsp3) is 0.722. The van der Waals surface area contributed by atoms with E-state index in [1.165, 1.54) is 0 Å². The number of hydrogen-bond acceptors (Lipinski definition) is 7. The Kier molecular flexibility index (Phi) is 5.45. The minimum Gasteiger partial charge on any atom is -0.444 e. The monoisotopic (exact) mass is 396 g/mol. The molecule has 3 rings (SSSR count). The van der Waals surface area contributed by atoms with Gasteiger partial charge in [-0.05, 0) is 33.6 Å². The van der Waals surface area contributed by atoms with Crippen molar-refractivity contribution in [1.82, 2.24) is 19.8 Å². The van der Waals surface area contributed by atoms with E-state index in [1.807, 2.05) is 25.7 Å². The van der Waals surface area contributed by atoms with Gasteiger partial charge in [0.2, 0.25) is 15.0 Å². The van der Waals surface area contributed by atoms with Crippen molar-refractivity contribution >= 4 is 15.9 Å². The molecule has 2 aliphatic rings. The summed E-state index contributed by atoms with van der Waals surface area (Å²) >= 11 is 0. The van der Waals surface area contributed by atoms with Gasteiger partial charge < -0.3 is 9.64 Å². The first-order valence-electron chi connectivity index (χ1n) is 9.30. The average Bonchev–Trinajstić information content (AvgIpc) is 3.00. The third-order valence-corrected chi connectivity index (χ3v) is 5.66. The van der Waals surface area contributed by atoms with Gasteiger partial charge in [-0.15, -0.1) is 0 Å². The van der Waals surface area contributed by atoms with E-state index in [4.69, 9.17) is 4.74 Å². The lowest BCUT2D eigenvalue weighted by Crippen LogP contribution is -2.46. The molecule has 1 atom stereocenters. The number of carbonyl (C=O) groups excluding carboxylic acids is 1. The standard InChI is InChI=1S/C18H28N4O4S/c1-18(2,3)26-17(23)22-8-5-6-14(22)12-21-9-7-15-13(11-21)10-19-16(20-15)27(4,24)25/h10,14H,5-9,11-12H2,1-4H3. The van der Waals surface area contributed by atoms with Gasteiger partial charge >= 0.3 is 6.09 Å². The Balaban J connectivity index is 1.65. The summed E-state index contributed by atoms with van der Waals surface area (Å²) in [5.41, 5.74) is 1.26. The molecule has 0 saturated carbocycles. The van der Waals surface area contributed by atoms with Crippen molar-refractivity contribution in [2.75, 3.05) is 25.9 Å². The predicted octanol–water partition coefficient (Wildman–Crippen LogP) is 1.64. The second kappa shape index (κ2) is 7.35. The van der Waals surface area contributed by atoms with Crippen LogP contribution in [0.4, 0.5) is 4.79 Å². The van der Waals surface area contributed by atoms with Crippen LogP contribution in [0.1, 0.15) is 44.9 Å². The first kappa shape index (κ1) is 20.0. The molecule has 1 aromatic heterocycles. The van der Waals surface area contributed by atoms with Crippen LogP contribution in [0, 0.1) is 0 Å². The zero-order valence-electron chi connectivity index (χ0n) is 16.4. The van der Waals surface area contributed by atoms with Gasteiger partial charge in [0.15, 0.2) is 0 Å². The number of sulfone groups is 1. The van der Waals surface area contributed by atoms with Crippen LogP contribution in [-0.2, 0) is 27.5 Å². The van der Waals surface area contributed by atoms with E-state index >= 15 is 0 Å². The van der Waals surface area contributed by atoms with Crippen LogP contribution in [0.15, 0.2) is 11.4 Å². The summed E-state index contributed by atoms with van der Waals surface area (Å²) in [7, 11) is -3.39. The molecule has 8 nitrogen and oxygen atoms in total. The highest BCUT2D eigenvalue weighted by Crippen LogP contribution is 2.24. The molecule has 9 heteroatoms. The Labute approximate surface area is 160 Å². The number of carbonyl (C=O) groups is 1. The van der Waals surface area contributed by atoms with Crippen molar-refractivity contribution in [1.29, 1.82) is 0 Å². The second-order valence-electron chi connectivity index (χ2n) is 8.35. The van der Waals surface area contributed by atoms with Crippen LogP contribution >= 0.6 is 0 Å². The molecule has 0 radical (unpaired) electrons. The normalized spacial score (nSPS) is 21.2. The summed E-state index contributed by atoms with van der Waals surface area (Å²) in [6, 6.07) is 0.137. The molecule has 0 bridgehead atoms. The molecule has 3 heterocycles. The molecule has 150 valence electrons. The fourth-order valence-corrected chi connectivity index (χ4v) is 4.10. The Morgan fingerprint density at radius 2 is 2.07 bits per heavy atom. The van der Waals surface area contributed by atoms with Crippen molar-refractivity contribution in [2.24, 2.45) is 0 Å². The summed E-state index contributed by atoms with van der Waals surface area (Å²) in [6.45, 7) is 8.58. The Morgan fingerprint density at radius 1 is 1.33 bits per heavy atom. The van der Waals surface area contributed by atoms with Gasteiger partial charge in [-0.3, -0.25) is 4.90 Å². The van der Waals surface area contributed by atoms with Crippen LogP contribution in [0.5, 0.6) is 0 Å². The maximum absolute atomic E-state index is 12.5. The second-order valence-corrected chi connectivity index (χ2v) is 10.3. The van der Waals surface area contributed by atoms with Crippen LogP contribution < -0.4 is 0 Å². The third kappa shape index (κ3) is 4.95. The average molecular weight is 397 g/mol. The van der Waals surface area contributed by atoms with Crippen molar-refractivity contribution in [3.63, 3.8) is 0 Å². The summed E-state index contributed by atoms with van der Waals surface area (Å²) in [4.78, 5) is 24.8. The van der Waals surface area contributed by atoms with E-state index < -0.39 is 15.4 Å². The Hall–Kier alpha value is -1.74. The third-order valence-electron chi connectivity index (χ3n) is 4.80. The first-order valence-corrected chi connectivity index (χ1v) is 11.2. The number of likely N-dealkylation sites (tertiary alicyclic amines) is 1. The van der Waals surface area contributed by atoms with E-state index in [-0.39, 0.29) is 17.3 Å². The van der Waals surface area contributed by atoms with Gasteiger partial charge in [-0.1, -0.05) is 0 Å². The van der Waals surface area contributed by atoms with E-state index in [9.17, 15) is 13.2 Å². The van der Waals surface area contributed by atoms with Crippen molar-refractivity contribution < 1.29 is 17.9 Å². The molecule has 1 aromatic rings. The lowest BCUT2D eigenvalue weighted by Gasteiger charge is -2.34. The van der Waals surface area contributed by atoms with Gasteiger partial charge in [-0.25, -0.2) is 23.2 Å². The lowest BCUT2D eigenvalue weighted by atomic mass is 10.1. The zero-order chi connectivity index (χ0) is 19.8. The van der Waals surface area contributed by atoms with E-state index in [0.29, 0.717) is 13.0 Å². The van der Waals surface area contributed by atoms with Gasteiger partial charge in [-0.2, -0.15) is 0 Å². The number of nitrogens with zero attached hydrogens (tertiary/aromatic N) is 4. The molecule has 1 amide bonds. The van der Waals surface area contributed by atoms with Crippen LogP contribution in [-0.4, -0.2) is 71.8 Å². The summed E-state index contributed by atoms with van der Waals surface area (Å²) < 4.78 is 28.8. The molecule has 0 aliphatic carbocycles. The fourth-order valence-electron chi connectivity index (χ4n) is 3.58. The Bertz CT molecular complexity index is 819. The molecular formula is C18H28N4O4S. The number of rotatable bonds is 3. The first-order chi connectivity index (χ1) is 12.5. The number of fused-ring (bicyclic) bond motifs is 1. The van der Waals surface area contributed by atoms with Gasteiger partial charge in [0.05, 0.1) is 5.69 Å². The van der Waals surface area contributed by atoms with Crippen molar-refractivity contribution in [3.8, 4) is 0 Å². The largest absolute Gasteiger partial charge is 0.444 e. The van der Waals surface area contributed by atoms with Gasteiger partial charge in [0, 0.05) is 56.7 Å². The van der Waals surface area contributed by atoms with Crippen LogP contribution in [0.3, 0.4) is 0 Å². The minimum absolute atomic E-state index is 0.110. The number of amides is 1. The zero-order valence-corrected chi connectivity index (χ0v) is 17.3. The quantitative estimate of drug-likeness (QED) is 0.717. The Morgan fingerprint density at radius 3 is 2.74 bits per heavy atom. The SMILES string of the molecule is CC(C)(C)OC(=O)N1CCCC1CN1CCc2nc(S(C)(=O)=O)ncc2C1. The maximum Gasteiger partial charge on any atom is 0.410 e. The molecule has 2 aliphatic heterocycles. The van der Waals surface area contributed by atoms with Crippen molar-refractivity contribution in [3.05, 3.63) is 17.5 Å². The molecule has 1 unspecified atom stereocenters. The molecule has 1 saturated heterocycles. The van der Waals surface area contributed by atoms with E-state index in [1.54, 1.807) is 6.20 Å². The van der Waals surface area contributed by atoms with E-state index in [0.717, 1.165) is 50.0 Å². The predicted molar refractivity (Wildman–Crippen MR) is 100 cm³/mol. The highest BCUT2D eigenvalue weighted by molar-refractivity contribution is 7.90. The maximum atomic E-state index is 12.5. The molecular weight excluding hydrogens is 368 g/mol. The molecule has 1 fully saturated rings. The topological polar surface area (TPSA) is 92.7 Å². The summed E-state index contributed by atoms with van der Waals surface area (Å²) in [6.07, 6.45) is 5.12. The summed E-state index contributed by atoms with van der Waals surface area (Å²) in [5, 5.41) is -0.110. The number of ether oxygens (including phenoxy) is 1. The molecule has 0 spiro atoms. The van der Waals surface area contributed by atoms with Gasteiger partial charge in [0.1, 0.15) is 5.60 Å². The highest BCUT2D eigenvalue weighted by Gasteiger charge is 2.34. The highest BCUT2D eigenvalue weighted by atomic mass is 32.2. The number of aromatic nitrogens is 2. The van der Waals surface area contributed by atoms with Gasteiger partial charge in [0.25, 0.3) is 0 Å². The number of hydrogen-bond donors (Lipinski definition) is 0. The van der Waals surface area contributed by atoms with E-state index in [2.05, 4.69) is 14.9 Å².